The van der Waals surface area contributed by atoms with Crippen molar-refractivity contribution >= 4 is 18.3 Å². The van der Waals surface area contributed by atoms with Crippen LogP contribution in [-0.2, 0) is 11.2 Å². The molecule has 0 bridgehead atoms. The van der Waals surface area contributed by atoms with Crippen molar-refractivity contribution in [3.05, 3.63) is 23.8 Å². The second-order valence-corrected chi connectivity index (χ2v) is 5.29. The van der Waals surface area contributed by atoms with Crippen molar-refractivity contribution in [2.75, 3.05) is 27.3 Å². The van der Waals surface area contributed by atoms with E-state index < -0.39 is 0 Å². The van der Waals surface area contributed by atoms with E-state index in [-0.39, 0.29) is 18.3 Å². The van der Waals surface area contributed by atoms with Crippen LogP contribution in [0.2, 0.25) is 0 Å². The zero-order valence-electron chi connectivity index (χ0n) is 13.2. The highest BCUT2D eigenvalue weighted by atomic mass is 35.5. The summed E-state index contributed by atoms with van der Waals surface area (Å²) in [5.74, 6) is 1.50. The van der Waals surface area contributed by atoms with Crippen LogP contribution in [0.1, 0.15) is 24.8 Å². The molecule has 1 saturated heterocycles. The van der Waals surface area contributed by atoms with Gasteiger partial charge in [-0.15, -0.1) is 12.4 Å². The molecule has 5 nitrogen and oxygen atoms in total. The predicted octanol–water partition coefficient (Wildman–Crippen LogP) is 1.93. The first-order chi connectivity index (χ1) is 10.2. The number of halogens is 1. The highest BCUT2D eigenvalue weighted by molar-refractivity contribution is 5.85. The molecule has 0 aromatic heterocycles. The zero-order valence-corrected chi connectivity index (χ0v) is 14.0. The summed E-state index contributed by atoms with van der Waals surface area (Å²) in [7, 11) is 3.23. The molecule has 6 heteroatoms. The summed E-state index contributed by atoms with van der Waals surface area (Å²) in [6.07, 6.45) is 3.54. The number of ether oxygens (including phenoxy) is 2. The number of hydrogen-bond donors (Lipinski definition) is 2. The molecule has 1 aromatic carbocycles. The van der Waals surface area contributed by atoms with Crippen LogP contribution in [0, 0.1) is 0 Å². The standard InChI is InChI=1S/C16H24N2O3.ClH/c1-20-14-7-5-12(10-15(14)21-2)6-8-16(19)18-11-13-4-3-9-17-13;/h5,7,10,13,17H,3-4,6,8-9,11H2,1-2H3,(H,18,19);1H. The Kier molecular flexibility index (Phi) is 8.06. The van der Waals surface area contributed by atoms with Crippen LogP contribution in [0.5, 0.6) is 11.5 Å². The molecule has 1 aliphatic rings. The Bertz CT molecular complexity index is 476. The lowest BCUT2D eigenvalue weighted by Crippen LogP contribution is -2.37. The van der Waals surface area contributed by atoms with Gasteiger partial charge in [-0.1, -0.05) is 6.07 Å². The summed E-state index contributed by atoms with van der Waals surface area (Å²) in [4.78, 5) is 11.9. The maximum atomic E-state index is 11.9. The third-order valence-electron chi connectivity index (χ3n) is 3.80. The van der Waals surface area contributed by atoms with E-state index in [1.807, 2.05) is 18.2 Å². The molecule has 2 rings (SSSR count). The number of benzene rings is 1. The number of methoxy groups -OCH3 is 2. The van der Waals surface area contributed by atoms with Crippen LogP contribution in [0.25, 0.3) is 0 Å². The van der Waals surface area contributed by atoms with Crippen LogP contribution in [0.3, 0.4) is 0 Å². The molecular weight excluding hydrogens is 304 g/mol. The number of carbonyl (C=O) groups excluding carboxylic acids is 1. The van der Waals surface area contributed by atoms with E-state index in [0.29, 0.717) is 30.4 Å². The fourth-order valence-electron chi connectivity index (χ4n) is 2.55. The van der Waals surface area contributed by atoms with Gasteiger partial charge in [0.2, 0.25) is 5.91 Å². The minimum atomic E-state index is 0. The smallest absolute Gasteiger partial charge is 0.220 e. The topological polar surface area (TPSA) is 59.6 Å². The van der Waals surface area contributed by atoms with E-state index in [4.69, 9.17) is 9.47 Å². The molecule has 1 unspecified atom stereocenters. The number of rotatable bonds is 7. The lowest BCUT2D eigenvalue weighted by atomic mass is 10.1. The summed E-state index contributed by atoms with van der Waals surface area (Å²) in [5.41, 5.74) is 1.07. The Hall–Kier alpha value is -1.46. The molecule has 124 valence electrons. The van der Waals surface area contributed by atoms with Gasteiger partial charge in [0.15, 0.2) is 11.5 Å². The summed E-state index contributed by atoms with van der Waals surface area (Å²) in [6, 6.07) is 6.20. The Morgan fingerprint density at radius 3 is 2.73 bits per heavy atom. The second kappa shape index (κ2) is 9.54. The summed E-state index contributed by atoms with van der Waals surface area (Å²) >= 11 is 0. The van der Waals surface area contributed by atoms with Crippen LogP contribution in [0.15, 0.2) is 18.2 Å². The number of nitrogens with one attached hydrogen (secondary N) is 2. The molecule has 0 saturated carbocycles. The lowest BCUT2D eigenvalue weighted by Gasteiger charge is -2.12. The summed E-state index contributed by atoms with van der Waals surface area (Å²) < 4.78 is 10.5. The SMILES string of the molecule is COc1ccc(CCC(=O)NCC2CCCN2)cc1OC.Cl. The Labute approximate surface area is 138 Å². The number of hydrogen-bond acceptors (Lipinski definition) is 4. The molecule has 0 spiro atoms. The van der Waals surface area contributed by atoms with Crippen LogP contribution in [-0.4, -0.2) is 39.3 Å². The van der Waals surface area contributed by atoms with E-state index in [2.05, 4.69) is 10.6 Å². The van der Waals surface area contributed by atoms with Crippen LogP contribution in [0.4, 0.5) is 0 Å². The maximum absolute atomic E-state index is 11.9. The van der Waals surface area contributed by atoms with Gasteiger partial charge in [-0.2, -0.15) is 0 Å². The van der Waals surface area contributed by atoms with Crippen molar-refractivity contribution in [2.45, 2.75) is 31.7 Å². The average molecular weight is 329 g/mol. The van der Waals surface area contributed by atoms with Gasteiger partial charge in [0.1, 0.15) is 0 Å². The first-order valence-electron chi connectivity index (χ1n) is 7.44. The Balaban J connectivity index is 0.00000242. The van der Waals surface area contributed by atoms with E-state index in [0.717, 1.165) is 25.1 Å². The van der Waals surface area contributed by atoms with E-state index >= 15 is 0 Å². The normalized spacial score (nSPS) is 16.7. The summed E-state index contributed by atoms with van der Waals surface area (Å²) in [6.45, 7) is 1.79. The van der Waals surface area contributed by atoms with Gasteiger partial charge >= 0.3 is 0 Å². The highest BCUT2D eigenvalue weighted by Gasteiger charge is 2.14. The molecule has 0 radical (unpaired) electrons. The van der Waals surface area contributed by atoms with E-state index in [9.17, 15) is 4.79 Å². The van der Waals surface area contributed by atoms with Crippen LogP contribution >= 0.6 is 12.4 Å². The number of carbonyl (C=O) groups is 1. The Morgan fingerprint density at radius 1 is 1.32 bits per heavy atom. The molecule has 1 amide bonds. The predicted molar refractivity (Wildman–Crippen MR) is 89.1 cm³/mol. The first-order valence-corrected chi connectivity index (χ1v) is 7.44. The fourth-order valence-corrected chi connectivity index (χ4v) is 2.55. The molecule has 22 heavy (non-hydrogen) atoms. The van der Waals surface area contributed by atoms with Gasteiger partial charge in [-0.3, -0.25) is 4.79 Å². The molecule has 1 aliphatic heterocycles. The van der Waals surface area contributed by atoms with Crippen molar-refractivity contribution in [2.24, 2.45) is 0 Å². The largest absolute Gasteiger partial charge is 0.493 e. The van der Waals surface area contributed by atoms with E-state index in [1.54, 1.807) is 14.2 Å². The van der Waals surface area contributed by atoms with Crippen molar-refractivity contribution < 1.29 is 14.3 Å². The first kappa shape index (κ1) is 18.6. The molecule has 0 aliphatic carbocycles. The third-order valence-corrected chi connectivity index (χ3v) is 3.80. The van der Waals surface area contributed by atoms with Gasteiger partial charge in [-0.25, -0.2) is 0 Å². The molecule has 2 N–H and O–H groups in total. The van der Waals surface area contributed by atoms with Crippen molar-refractivity contribution in [3.63, 3.8) is 0 Å². The van der Waals surface area contributed by atoms with Gasteiger partial charge in [0.05, 0.1) is 14.2 Å². The van der Waals surface area contributed by atoms with Gasteiger partial charge in [0.25, 0.3) is 0 Å². The quantitative estimate of drug-likeness (QED) is 0.803. The van der Waals surface area contributed by atoms with E-state index in [1.165, 1.54) is 6.42 Å². The number of aryl methyl sites for hydroxylation is 1. The highest BCUT2D eigenvalue weighted by Crippen LogP contribution is 2.27. The second-order valence-electron chi connectivity index (χ2n) is 5.29. The van der Waals surface area contributed by atoms with Crippen LogP contribution < -0.4 is 20.1 Å². The molecule has 1 heterocycles. The maximum Gasteiger partial charge on any atom is 0.220 e. The monoisotopic (exact) mass is 328 g/mol. The summed E-state index contributed by atoms with van der Waals surface area (Å²) in [5, 5.41) is 6.36. The van der Waals surface area contributed by atoms with Gasteiger partial charge in [-0.05, 0) is 43.5 Å². The molecular formula is C16H25ClN2O3. The lowest BCUT2D eigenvalue weighted by molar-refractivity contribution is -0.121. The van der Waals surface area contributed by atoms with Crippen molar-refractivity contribution in [1.82, 2.24) is 10.6 Å². The fraction of sp³-hybridized carbons (Fsp3) is 0.562. The molecule has 1 atom stereocenters. The Morgan fingerprint density at radius 2 is 2.09 bits per heavy atom. The molecule has 1 fully saturated rings. The third kappa shape index (κ3) is 5.39. The molecule has 1 aromatic rings. The van der Waals surface area contributed by atoms with Gasteiger partial charge in [0, 0.05) is 19.0 Å². The van der Waals surface area contributed by atoms with Crippen molar-refractivity contribution in [1.29, 1.82) is 0 Å². The minimum Gasteiger partial charge on any atom is -0.493 e. The van der Waals surface area contributed by atoms with Crippen molar-refractivity contribution in [3.8, 4) is 11.5 Å². The minimum absolute atomic E-state index is 0. The zero-order chi connectivity index (χ0) is 15.1. The number of amides is 1. The van der Waals surface area contributed by atoms with Gasteiger partial charge < -0.3 is 20.1 Å². The average Bonchev–Trinajstić information content (AvgIpc) is 3.04.